The van der Waals surface area contributed by atoms with E-state index in [1.807, 2.05) is 6.92 Å². The molecule has 0 saturated carbocycles. The predicted octanol–water partition coefficient (Wildman–Crippen LogP) is 2.49. The molecule has 1 aliphatic heterocycles. The topological polar surface area (TPSA) is 95.9 Å². The fourth-order valence-electron chi connectivity index (χ4n) is 3.31. The minimum atomic E-state index is -0.468. The molecule has 0 aliphatic carbocycles. The van der Waals surface area contributed by atoms with Crippen molar-refractivity contribution in [1.29, 1.82) is 0 Å². The number of ether oxygens (including phenoxy) is 1. The maximum atomic E-state index is 12.7. The number of esters is 1. The second-order valence-electron chi connectivity index (χ2n) is 7.14. The molecule has 1 saturated heterocycles. The largest absolute Gasteiger partial charge is 0.465 e. The number of nitrogens with zero attached hydrogens (tertiary/aromatic N) is 1. The third-order valence-electron chi connectivity index (χ3n) is 5.13. The molecule has 7 nitrogen and oxygen atoms in total. The van der Waals surface area contributed by atoms with E-state index in [0.29, 0.717) is 35.5 Å². The zero-order valence-electron chi connectivity index (χ0n) is 16.5. The fraction of sp³-hybridized carbons (Fsp3) is 0.318. The molecule has 0 spiro atoms. The van der Waals surface area contributed by atoms with Gasteiger partial charge in [-0.15, -0.1) is 0 Å². The normalized spacial score (nSPS) is 15.8. The van der Waals surface area contributed by atoms with Crippen molar-refractivity contribution in [2.24, 2.45) is 5.92 Å². The molecule has 0 aromatic heterocycles. The van der Waals surface area contributed by atoms with Crippen LogP contribution in [0.25, 0.3) is 0 Å². The van der Waals surface area contributed by atoms with Gasteiger partial charge in [-0.05, 0) is 55.3 Å². The lowest BCUT2D eigenvalue weighted by Crippen LogP contribution is -2.29. The Hall–Kier alpha value is -3.19. The number of benzene rings is 2. The summed E-state index contributed by atoms with van der Waals surface area (Å²) >= 11 is 0. The highest BCUT2D eigenvalue weighted by Crippen LogP contribution is 2.22. The number of aryl methyl sites for hydroxylation is 1. The second kappa shape index (κ2) is 8.87. The summed E-state index contributed by atoms with van der Waals surface area (Å²) in [5.74, 6) is -0.796. The SMILES string of the molecule is COC(=O)c1ccc(C(=O)Nc2cc(C(=O)N3CCC(CO)C3)ccc2C)cc1. The molecule has 7 heteroatoms. The molecule has 0 bridgehead atoms. The van der Waals surface area contributed by atoms with E-state index in [1.165, 1.54) is 19.2 Å². The van der Waals surface area contributed by atoms with Gasteiger partial charge in [-0.1, -0.05) is 6.07 Å². The molecule has 2 N–H and O–H groups in total. The molecule has 1 atom stereocenters. The molecule has 1 unspecified atom stereocenters. The minimum absolute atomic E-state index is 0.0771. The van der Waals surface area contributed by atoms with Gasteiger partial charge in [0.2, 0.25) is 0 Å². The summed E-state index contributed by atoms with van der Waals surface area (Å²) in [5, 5.41) is 12.1. The van der Waals surface area contributed by atoms with E-state index >= 15 is 0 Å². The number of rotatable bonds is 5. The van der Waals surface area contributed by atoms with Crippen molar-refractivity contribution in [2.75, 3.05) is 32.1 Å². The zero-order chi connectivity index (χ0) is 21.0. The number of aliphatic hydroxyl groups excluding tert-OH is 1. The lowest BCUT2D eigenvalue weighted by atomic mass is 10.1. The number of nitrogens with one attached hydrogen (secondary N) is 1. The van der Waals surface area contributed by atoms with Gasteiger partial charge >= 0.3 is 5.97 Å². The number of anilines is 1. The van der Waals surface area contributed by atoms with Gasteiger partial charge in [0.05, 0.1) is 12.7 Å². The highest BCUT2D eigenvalue weighted by Gasteiger charge is 2.26. The Bertz CT molecular complexity index is 923. The number of hydrogen-bond donors (Lipinski definition) is 2. The Labute approximate surface area is 169 Å². The summed E-state index contributed by atoms with van der Waals surface area (Å²) in [6, 6.07) is 11.4. The highest BCUT2D eigenvalue weighted by molar-refractivity contribution is 6.06. The van der Waals surface area contributed by atoms with Gasteiger partial charge in [0.1, 0.15) is 0 Å². The van der Waals surface area contributed by atoms with Crippen LogP contribution in [0.15, 0.2) is 42.5 Å². The monoisotopic (exact) mass is 396 g/mol. The lowest BCUT2D eigenvalue weighted by molar-refractivity contribution is 0.0600. The molecule has 1 fully saturated rings. The molecule has 1 heterocycles. The van der Waals surface area contributed by atoms with E-state index in [9.17, 15) is 19.5 Å². The van der Waals surface area contributed by atoms with Crippen LogP contribution in [0.5, 0.6) is 0 Å². The summed E-state index contributed by atoms with van der Waals surface area (Å²) in [4.78, 5) is 38.6. The second-order valence-corrected chi connectivity index (χ2v) is 7.14. The molecular formula is C22H24N2O5. The number of likely N-dealkylation sites (tertiary alicyclic amines) is 1. The van der Waals surface area contributed by atoms with Gasteiger partial charge in [0.25, 0.3) is 11.8 Å². The first-order valence-corrected chi connectivity index (χ1v) is 9.43. The molecule has 3 rings (SSSR count). The van der Waals surface area contributed by atoms with Gasteiger partial charge in [-0.3, -0.25) is 9.59 Å². The zero-order valence-corrected chi connectivity index (χ0v) is 16.5. The fourth-order valence-corrected chi connectivity index (χ4v) is 3.31. The van der Waals surface area contributed by atoms with Gasteiger partial charge in [0, 0.05) is 42.4 Å². The van der Waals surface area contributed by atoms with E-state index in [2.05, 4.69) is 10.1 Å². The third kappa shape index (κ3) is 4.63. The first kappa shape index (κ1) is 20.5. The molecule has 1 aliphatic rings. The average Bonchev–Trinajstić information content (AvgIpc) is 3.23. The Morgan fingerprint density at radius 1 is 1.10 bits per heavy atom. The van der Waals surface area contributed by atoms with Crippen LogP contribution in [0.3, 0.4) is 0 Å². The standard InChI is InChI=1S/C22H24N2O5/c1-14-3-4-18(21(27)24-10-9-15(12-24)13-25)11-19(14)23-20(26)16-5-7-17(8-6-16)22(28)29-2/h3-8,11,15,25H,9-10,12-13H2,1-2H3,(H,23,26). The van der Waals surface area contributed by atoms with Crippen molar-refractivity contribution in [3.8, 4) is 0 Å². The summed E-state index contributed by atoms with van der Waals surface area (Å²) in [7, 11) is 1.30. The Morgan fingerprint density at radius 2 is 1.76 bits per heavy atom. The van der Waals surface area contributed by atoms with E-state index in [1.54, 1.807) is 35.2 Å². The summed E-state index contributed by atoms with van der Waals surface area (Å²) < 4.78 is 4.65. The lowest BCUT2D eigenvalue weighted by Gasteiger charge is -2.17. The van der Waals surface area contributed by atoms with Gasteiger partial charge in [-0.2, -0.15) is 0 Å². The molecule has 2 aromatic rings. The maximum absolute atomic E-state index is 12.7. The molecular weight excluding hydrogens is 372 g/mol. The van der Waals surface area contributed by atoms with Crippen molar-refractivity contribution < 1.29 is 24.2 Å². The van der Waals surface area contributed by atoms with Crippen LogP contribution < -0.4 is 5.32 Å². The van der Waals surface area contributed by atoms with Gasteiger partial charge in [-0.25, -0.2) is 4.79 Å². The minimum Gasteiger partial charge on any atom is -0.465 e. The average molecular weight is 396 g/mol. The maximum Gasteiger partial charge on any atom is 0.337 e. The molecule has 152 valence electrons. The molecule has 29 heavy (non-hydrogen) atoms. The van der Waals surface area contributed by atoms with Gasteiger partial charge < -0.3 is 20.1 Å². The van der Waals surface area contributed by atoms with Crippen LogP contribution in [-0.4, -0.2) is 54.6 Å². The molecule has 2 amide bonds. The van der Waals surface area contributed by atoms with Crippen molar-refractivity contribution >= 4 is 23.5 Å². The summed E-state index contributed by atoms with van der Waals surface area (Å²) in [5.41, 5.74) is 2.62. The number of methoxy groups -OCH3 is 1. The van der Waals surface area contributed by atoms with Gasteiger partial charge in [0.15, 0.2) is 0 Å². The third-order valence-corrected chi connectivity index (χ3v) is 5.13. The van der Waals surface area contributed by atoms with Crippen LogP contribution in [0, 0.1) is 12.8 Å². The predicted molar refractivity (Wildman–Crippen MR) is 108 cm³/mol. The molecule has 2 aromatic carbocycles. The molecule has 0 radical (unpaired) electrons. The van der Waals surface area contributed by atoms with Crippen molar-refractivity contribution in [2.45, 2.75) is 13.3 Å². The van der Waals surface area contributed by atoms with E-state index in [4.69, 9.17) is 0 Å². The number of hydrogen-bond acceptors (Lipinski definition) is 5. The number of amides is 2. The van der Waals surface area contributed by atoms with Crippen LogP contribution in [0.2, 0.25) is 0 Å². The van der Waals surface area contributed by atoms with Crippen LogP contribution >= 0.6 is 0 Å². The Balaban J connectivity index is 1.74. The van der Waals surface area contributed by atoms with Crippen LogP contribution in [-0.2, 0) is 4.74 Å². The van der Waals surface area contributed by atoms with Crippen molar-refractivity contribution in [3.63, 3.8) is 0 Å². The first-order valence-electron chi connectivity index (χ1n) is 9.43. The van der Waals surface area contributed by atoms with Crippen molar-refractivity contribution in [3.05, 3.63) is 64.7 Å². The highest BCUT2D eigenvalue weighted by atomic mass is 16.5. The Morgan fingerprint density at radius 3 is 2.38 bits per heavy atom. The van der Waals surface area contributed by atoms with E-state index in [0.717, 1.165) is 12.0 Å². The summed E-state index contributed by atoms with van der Waals surface area (Å²) in [6.07, 6.45) is 0.791. The smallest absolute Gasteiger partial charge is 0.337 e. The number of carbonyl (C=O) groups is 3. The van der Waals surface area contributed by atoms with Crippen LogP contribution in [0.1, 0.15) is 43.1 Å². The Kier molecular flexibility index (Phi) is 6.29. The van der Waals surface area contributed by atoms with Crippen molar-refractivity contribution in [1.82, 2.24) is 4.90 Å². The van der Waals surface area contributed by atoms with Crippen LogP contribution in [0.4, 0.5) is 5.69 Å². The van der Waals surface area contributed by atoms with E-state index in [-0.39, 0.29) is 24.3 Å². The van der Waals surface area contributed by atoms with E-state index < -0.39 is 5.97 Å². The quantitative estimate of drug-likeness (QED) is 0.757. The number of carbonyl (C=O) groups excluding carboxylic acids is 3. The number of aliphatic hydroxyl groups is 1. The first-order chi connectivity index (χ1) is 13.9. The summed E-state index contributed by atoms with van der Waals surface area (Å²) in [6.45, 7) is 3.08.